The predicted molar refractivity (Wildman–Crippen MR) is 87.7 cm³/mol. The first-order valence-corrected chi connectivity index (χ1v) is 8.48. The molecular weight excluding hydrogens is 276 g/mol. The SMILES string of the molecule is O=C(CNCC1CC1)NCc1ccnc(N2CCCCC2)c1. The number of anilines is 1. The fraction of sp³-hybridized carbons (Fsp3) is 0.647. The zero-order valence-corrected chi connectivity index (χ0v) is 13.2. The lowest BCUT2D eigenvalue weighted by molar-refractivity contribution is -0.120. The van der Waals surface area contributed by atoms with Gasteiger partial charge in [-0.2, -0.15) is 0 Å². The molecule has 2 fully saturated rings. The van der Waals surface area contributed by atoms with Gasteiger partial charge in [-0.3, -0.25) is 4.79 Å². The maximum atomic E-state index is 11.8. The molecule has 2 heterocycles. The maximum Gasteiger partial charge on any atom is 0.234 e. The molecular formula is C17H26N4O. The van der Waals surface area contributed by atoms with Crippen molar-refractivity contribution >= 4 is 11.7 Å². The Hall–Kier alpha value is -1.62. The van der Waals surface area contributed by atoms with E-state index in [9.17, 15) is 4.79 Å². The van der Waals surface area contributed by atoms with Crippen LogP contribution in [0.2, 0.25) is 0 Å². The van der Waals surface area contributed by atoms with Gasteiger partial charge in [0.2, 0.25) is 5.91 Å². The van der Waals surface area contributed by atoms with E-state index in [4.69, 9.17) is 0 Å². The summed E-state index contributed by atoms with van der Waals surface area (Å²) in [5.74, 6) is 1.91. The Balaban J connectivity index is 1.44. The molecule has 1 aliphatic carbocycles. The van der Waals surface area contributed by atoms with Crippen molar-refractivity contribution in [3.8, 4) is 0 Å². The number of hydrogen-bond acceptors (Lipinski definition) is 4. The Morgan fingerprint density at radius 1 is 1.27 bits per heavy atom. The molecule has 5 nitrogen and oxygen atoms in total. The van der Waals surface area contributed by atoms with Crippen molar-refractivity contribution in [1.82, 2.24) is 15.6 Å². The third-order valence-electron chi connectivity index (χ3n) is 4.40. The van der Waals surface area contributed by atoms with Gasteiger partial charge in [-0.05, 0) is 62.3 Å². The van der Waals surface area contributed by atoms with E-state index >= 15 is 0 Å². The van der Waals surface area contributed by atoms with E-state index in [2.05, 4.69) is 26.6 Å². The summed E-state index contributed by atoms with van der Waals surface area (Å²) in [5, 5.41) is 6.19. The summed E-state index contributed by atoms with van der Waals surface area (Å²) >= 11 is 0. The van der Waals surface area contributed by atoms with Crippen molar-refractivity contribution in [2.45, 2.75) is 38.6 Å². The summed E-state index contributed by atoms with van der Waals surface area (Å²) in [6.07, 6.45) is 8.28. The topological polar surface area (TPSA) is 57.3 Å². The Labute approximate surface area is 132 Å². The molecule has 0 spiro atoms. The lowest BCUT2D eigenvalue weighted by atomic mass is 10.1. The Morgan fingerprint density at radius 3 is 2.86 bits per heavy atom. The second-order valence-electron chi connectivity index (χ2n) is 6.42. The van der Waals surface area contributed by atoms with E-state index in [1.165, 1.54) is 32.1 Å². The molecule has 3 rings (SSSR count). The quantitative estimate of drug-likeness (QED) is 0.805. The van der Waals surface area contributed by atoms with Crippen LogP contribution in [0, 0.1) is 5.92 Å². The number of aromatic nitrogens is 1. The lowest BCUT2D eigenvalue weighted by Crippen LogP contribution is -2.34. The number of hydrogen-bond donors (Lipinski definition) is 2. The number of nitrogens with zero attached hydrogens (tertiary/aromatic N) is 2. The first-order chi connectivity index (χ1) is 10.8. The van der Waals surface area contributed by atoms with E-state index in [1.54, 1.807) is 0 Å². The minimum Gasteiger partial charge on any atom is -0.357 e. The highest BCUT2D eigenvalue weighted by atomic mass is 16.1. The number of carbonyl (C=O) groups is 1. The van der Waals surface area contributed by atoms with E-state index in [0.29, 0.717) is 13.1 Å². The van der Waals surface area contributed by atoms with Gasteiger partial charge in [0.25, 0.3) is 0 Å². The van der Waals surface area contributed by atoms with Crippen LogP contribution >= 0.6 is 0 Å². The number of amides is 1. The Kier molecular flexibility index (Phi) is 5.27. The fourth-order valence-corrected chi connectivity index (χ4v) is 2.84. The molecule has 1 saturated carbocycles. The van der Waals surface area contributed by atoms with Gasteiger partial charge in [0.1, 0.15) is 5.82 Å². The smallest absolute Gasteiger partial charge is 0.234 e. The van der Waals surface area contributed by atoms with Gasteiger partial charge in [-0.15, -0.1) is 0 Å². The first-order valence-electron chi connectivity index (χ1n) is 8.48. The fourth-order valence-electron chi connectivity index (χ4n) is 2.84. The lowest BCUT2D eigenvalue weighted by Gasteiger charge is -2.27. The summed E-state index contributed by atoms with van der Waals surface area (Å²) < 4.78 is 0. The van der Waals surface area contributed by atoms with Gasteiger partial charge in [0.05, 0.1) is 6.54 Å². The average Bonchev–Trinajstić information content (AvgIpc) is 3.38. The van der Waals surface area contributed by atoms with Gasteiger partial charge < -0.3 is 15.5 Å². The van der Waals surface area contributed by atoms with Crippen LogP contribution in [0.25, 0.3) is 0 Å². The average molecular weight is 302 g/mol. The van der Waals surface area contributed by atoms with E-state index in [0.717, 1.165) is 36.9 Å². The van der Waals surface area contributed by atoms with Gasteiger partial charge in [-0.1, -0.05) is 0 Å². The van der Waals surface area contributed by atoms with Crippen LogP contribution < -0.4 is 15.5 Å². The van der Waals surface area contributed by atoms with Gasteiger partial charge in [0.15, 0.2) is 0 Å². The van der Waals surface area contributed by atoms with E-state index in [1.807, 2.05) is 12.3 Å². The molecule has 2 aliphatic rings. The van der Waals surface area contributed by atoms with Crippen molar-refractivity contribution in [3.63, 3.8) is 0 Å². The molecule has 2 N–H and O–H groups in total. The van der Waals surface area contributed by atoms with Gasteiger partial charge in [-0.25, -0.2) is 4.98 Å². The minimum atomic E-state index is 0.0667. The van der Waals surface area contributed by atoms with Crippen LogP contribution in [0.15, 0.2) is 18.3 Å². The number of pyridine rings is 1. The summed E-state index contributed by atoms with van der Waals surface area (Å²) in [6.45, 7) is 4.15. The van der Waals surface area contributed by atoms with Crippen molar-refractivity contribution in [2.75, 3.05) is 31.1 Å². The minimum absolute atomic E-state index is 0.0667. The zero-order valence-electron chi connectivity index (χ0n) is 13.2. The molecule has 0 bridgehead atoms. The van der Waals surface area contributed by atoms with Crippen LogP contribution in [0.4, 0.5) is 5.82 Å². The van der Waals surface area contributed by atoms with Crippen molar-refractivity contribution in [1.29, 1.82) is 0 Å². The highest BCUT2D eigenvalue weighted by molar-refractivity contribution is 5.78. The van der Waals surface area contributed by atoms with Crippen LogP contribution in [-0.4, -0.2) is 37.1 Å². The highest BCUT2D eigenvalue weighted by Gasteiger charge is 2.20. The molecule has 1 saturated heterocycles. The molecule has 5 heteroatoms. The van der Waals surface area contributed by atoms with Crippen molar-refractivity contribution in [2.24, 2.45) is 5.92 Å². The Bertz CT molecular complexity index is 495. The molecule has 120 valence electrons. The van der Waals surface area contributed by atoms with Crippen molar-refractivity contribution in [3.05, 3.63) is 23.9 Å². The molecule has 0 atom stereocenters. The normalized spacial score (nSPS) is 18.3. The van der Waals surface area contributed by atoms with E-state index < -0.39 is 0 Å². The predicted octanol–water partition coefficient (Wildman–Crippen LogP) is 1.69. The number of rotatable bonds is 7. The maximum absolute atomic E-state index is 11.8. The zero-order chi connectivity index (χ0) is 15.2. The molecule has 22 heavy (non-hydrogen) atoms. The molecule has 0 aromatic carbocycles. The number of piperidine rings is 1. The second-order valence-corrected chi connectivity index (χ2v) is 6.42. The molecule has 1 aromatic rings. The van der Waals surface area contributed by atoms with E-state index in [-0.39, 0.29) is 5.91 Å². The molecule has 0 unspecified atom stereocenters. The second kappa shape index (κ2) is 7.58. The van der Waals surface area contributed by atoms with Crippen molar-refractivity contribution < 1.29 is 4.79 Å². The third-order valence-corrected chi connectivity index (χ3v) is 4.40. The first kappa shape index (κ1) is 15.3. The molecule has 1 amide bonds. The highest BCUT2D eigenvalue weighted by Crippen LogP contribution is 2.27. The van der Waals surface area contributed by atoms with Gasteiger partial charge in [0, 0.05) is 25.8 Å². The monoisotopic (exact) mass is 302 g/mol. The summed E-state index contributed by atoms with van der Waals surface area (Å²) in [4.78, 5) is 18.6. The molecule has 0 radical (unpaired) electrons. The molecule has 1 aromatic heterocycles. The summed E-state index contributed by atoms with van der Waals surface area (Å²) in [5.41, 5.74) is 1.12. The van der Waals surface area contributed by atoms with Crippen LogP contribution in [0.5, 0.6) is 0 Å². The van der Waals surface area contributed by atoms with Crippen LogP contribution in [0.3, 0.4) is 0 Å². The molecule has 1 aliphatic heterocycles. The largest absolute Gasteiger partial charge is 0.357 e. The Morgan fingerprint density at radius 2 is 2.09 bits per heavy atom. The number of carbonyl (C=O) groups excluding carboxylic acids is 1. The van der Waals surface area contributed by atoms with Gasteiger partial charge >= 0.3 is 0 Å². The summed E-state index contributed by atoms with van der Waals surface area (Å²) in [6, 6.07) is 4.08. The van der Waals surface area contributed by atoms with Crippen LogP contribution in [0.1, 0.15) is 37.7 Å². The number of nitrogens with one attached hydrogen (secondary N) is 2. The van der Waals surface area contributed by atoms with Crippen LogP contribution in [-0.2, 0) is 11.3 Å². The third kappa shape index (κ3) is 4.70. The standard InChI is InChI=1S/C17H26N4O/c22-17(13-18-11-14-4-5-14)20-12-15-6-7-19-16(10-15)21-8-2-1-3-9-21/h6-7,10,14,18H,1-5,8-9,11-13H2,(H,20,22). The summed E-state index contributed by atoms with van der Waals surface area (Å²) in [7, 11) is 0.